The highest BCUT2D eigenvalue weighted by Crippen LogP contribution is 2.13. The summed E-state index contributed by atoms with van der Waals surface area (Å²) >= 11 is 5.81. The van der Waals surface area contributed by atoms with Crippen LogP contribution in [0.5, 0.6) is 0 Å². The van der Waals surface area contributed by atoms with Crippen molar-refractivity contribution in [2.45, 2.75) is 0 Å². The number of hydrogen-bond acceptors (Lipinski definition) is 4. The van der Waals surface area contributed by atoms with E-state index in [1.807, 2.05) is 36.4 Å². The van der Waals surface area contributed by atoms with Crippen LogP contribution < -0.4 is 5.43 Å². The van der Waals surface area contributed by atoms with E-state index in [0.29, 0.717) is 10.7 Å². The topological polar surface area (TPSA) is 50.2 Å². The van der Waals surface area contributed by atoms with E-state index < -0.39 is 0 Å². The molecule has 0 fully saturated rings. The third-order valence-corrected chi connectivity index (χ3v) is 2.95. The second-order valence-corrected chi connectivity index (χ2v) is 4.60. The van der Waals surface area contributed by atoms with E-state index in [4.69, 9.17) is 11.6 Å². The Morgan fingerprint density at radius 1 is 1.00 bits per heavy atom. The zero-order valence-corrected chi connectivity index (χ0v) is 11.2. The largest absolute Gasteiger partial charge is 0.278 e. The Kier molecular flexibility index (Phi) is 3.56. The van der Waals surface area contributed by atoms with E-state index in [0.717, 1.165) is 16.7 Å². The van der Waals surface area contributed by atoms with Crippen LogP contribution in [0.4, 0.5) is 5.69 Å². The Hall–Kier alpha value is -2.46. The van der Waals surface area contributed by atoms with E-state index in [9.17, 15) is 0 Å². The van der Waals surface area contributed by atoms with Gasteiger partial charge in [0.15, 0.2) is 0 Å². The minimum Gasteiger partial charge on any atom is -0.278 e. The summed E-state index contributed by atoms with van der Waals surface area (Å²) in [5.41, 5.74) is 6.19. The molecular weight excluding hydrogens is 272 g/mol. The lowest BCUT2D eigenvalue weighted by Crippen LogP contribution is -1.94. The summed E-state index contributed by atoms with van der Waals surface area (Å²) in [4.78, 5) is 8.77. The minimum absolute atomic E-state index is 0.694. The van der Waals surface area contributed by atoms with Crippen molar-refractivity contribution in [2.75, 3.05) is 5.43 Å². The number of halogens is 1. The van der Waals surface area contributed by atoms with Gasteiger partial charge in [-0.3, -0.25) is 10.4 Å². The van der Waals surface area contributed by atoms with Crippen LogP contribution in [0.15, 0.2) is 59.8 Å². The lowest BCUT2D eigenvalue weighted by atomic mass is 10.3. The van der Waals surface area contributed by atoms with Crippen molar-refractivity contribution in [1.29, 1.82) is 0 Å². The molecule has 0 spiro atoms. The van der Waals surface area contributed by atoms with Gasteiger partial charge in [0.1, 0.15) is 5.69 Å². The molecule has 0 radical (unpaired) electrons. The van der Waals surface area contributed by atoms with Crippen molar-refractivity contribution in [1.82, 2.24) is 9.97 Å². The van der Waals surface area contributed by atoms with Crippen LogP contribution in [0.3, 0.4) is 0 Å². The number of nitrogens with one attached hydrogen (secondary N) is 1. The van der Waals surface area contributed by atoms with Gasteiger partial charge in [0.25, 0.3) is 0 Å². The Bertz CT molecular complexity index is 753. The highest BCUT2D eigenvalue weighted by atomic mass is 35.5. The van der Waals surface area contributed by atoms with Gasteiger partial charge < -0.3 is 0 Å². The molecule has 1 N–H and O–H groups in total. The third-order valence-electron chi connectivity index (χ3n) is 2.70. The van der Waals surface area contributed by atoms with Crippen molar-refractivity contribution < 1.29 is 0 Å². The summed E-state index contributed by atoms with van der Waals surface area (Å²) < 4.78 is 0. The van der Waals surface area contributed by atoms with Crippen LogP contribution >= 0.6 is 11.6 Å². The molecule has 5 heteroatoms. The number of fused-ring (bicyclic) bond motifs is 1. The molecule has 3 rings (SSSR count). The minimum atomic E-state index is 0.694. The van der Waals surface area contributed by atoms with Crippen molar-refractivity contribution in [3.8, 4) is 0 Å². The first-order valence-electron chi connectivity index (χ1n) is 6.08. The Morgan fingerprint density at radius 2 is 1.75 bits per heavy atom. The molecule has 20 heavy (non-hydrogen) atoms. The van der Waals surface area contributed by atoms with Gasteiger partial charge >= 0.3 is 0 Å². The Balaban J connectivity index is 1.75. The fourth-order valence-corrected chi connectivity index (χ4v) is 1.86. The highest BCUT2D eigenvalue weighted by Gasteiger charge is 1.96. The van der Waals surface area contributed by atoms with Gasteiger partial charge in [-0.2, -0.15) is 5.10 Å². The van der Waals surface area contributed by atoms with Gasteiger partial charge in [0.05, 0.1) is 29.1 Å². The van der Waals surface area contributed by atoms with Gasteiger partial charge in [0.2, 0.25) is 0 Å². The van der Waals surface area contributed by atoms with E-state index in [1.54, 1.807) is 24.5 Å². The molecular formula is C15H11ClN4. The summed E-state index contributed by atoms with van der Waals surface area (Å²) in [5, 5.41) is 4.82. The zero-order chi connectivity index (χ0) is 13.8. The maximum atomic E-state index is 5.81. The SMILES string of the molecule is Clc1ccc(N/N=C\c2cnc3ccccc3n2)cc1. The third kappa shape index (κ3) is 2.92. The number of para-hydroxylation sites is 2. The van der Waals surface area contributed by atoms with E-state index in [1.165, 1.54) is 0 Å². The molecule has 1 heterocycles. The van der Waals surface area contributed by atoms with Crippen molar-refractivity contribution in [3.63, 3.8) is 0 Å². The van der Waals surface area contributed by atoms with Crippen molar-refractivity contribution in [3.05, 3.63) is 65.4 Å². The van der Waals surface area contributed by atoms with E-state index in [-0.39, 0.29) is 0 Å². The molecule has 1 aromatic heterocycles. The molecule has 0 aliphatic heterocycles. The second kappa shape index (κ2) is 5.67. The highest BCUT2D eigenvalue weighted by molar-refractivity contribution is 6.30. The number of aromatic nitrogens is 2. The van der Waals surface area contributed by atoms with E-state index >= 15 is 0 Å². The Morgan fingerprint density at radius 3 is 2.55 bits per heavy atom. The van der Waals surface area contributed by atoms with Crippen molar-refractivity contribution >= 4 is 34.5 Å². The number of nitrogens with zero attached hydrogens (tertiary/aromatic N) is 3. The lowest BCUT2D eigenvalue weighted by Gasteiger charge is -2.00. The van der Waals surface area contributed by atoms with Gasteiger partial charge in [0, 0.05) is 5.02 Å². The van der Waals surface area contributed by atoms with Gasteiger partial charge in [-0.05, 0) is 36.4 Å². The van der Waals surface area contributed by atoms with Crippen LogP contribution in [0.1, 0.15) is 5.69 Å². The summed E-state index contributed by atoms with van der Waals surface area (Å²) in [5.74, 6) is 0. The summed E-state index contributed by atoms with van der Waals surface area (Å²) in [6.07, 6.45) is 3.32. The average Bonchev–Trinajstić information content (AvgIpc) is 2.49. The molecule has 3 aromatic rings. The predicted octanol–water partition coefficient (Wildman–Crippen LogP) is 3.73. The number of anilines is 1. The van der Waals surface area contributed by atoms with E-state index in [2.05, 4.69) is 20.5 Å². The fourth-order valence-electron chi connectivity index (χ4n) is 1.73. The number of rotatable bonds is 3. The maximum Gasteiger partial charge on any atom is 0.102 e. The molecule has 0 saturated heterocycles. The molecule has 0 amide bonds. The molecule has 0 atom stereocenters. The normalized spacial score (nSPS) is 11.1. The standard InChI is InChI=1S/C15H11ClN4/c16-11-5-7-12(8-6-11)20-18-10-13-9-17-14-3-1-2-4-15(14)19-13/h1-10,20H/b18-10-. The van der Waals surface area contributed by atoms with Gasteiger partial charge in [-0.15, -0.1) is 0 Å². The summed E-state index contributed by atoms with van der Waals surface area (Å²) in [7, 11) is 0. The maximum absolute atomic E-state index is 5.81. The first-order valence-corrected chi connectivity index (χ1v) is 6.45. The smallest absolute Gasteiger partial charge is 0.102 e. The molecule has 0 aliphatic rings. The molecule has 0 aliphatic carbocycles. The van der Waals surface area contributed by atoms with Gasteiger partial charge in [-0.25, -0.2) is 4.98 Å². The van der Waals surface area contributed by atoms with Crippen LogP contribution in [0, 0.1) is 0 Å². The quantitative estimate of drug-likeness (QED) is 0.588. The first-order chi connectivity index (χ1) is 9.81. The first kappa shape index (κ1) is 12.6. The molecule has 0 unspecified atom stereocenters. The van der Waals surface area contributed by atoms with Crippen LogP contribution in [0.25, 0.3) is 11.0 Å². The second-order valence-electron chi connectivity index (χ2n) is 4.16. The average molecular weight is 283 g/mol. The fraction of sp³-hybridized carbons (Fsp3) is 0. The lowest BCUT2D eigenvalue weighted by molar-refractivity contribution is 1.26. The zero-order valence-electron chi connectivity index (χ0n) is 10.5. The predicted molar refractivity (Wildman–Crippen MR) is 82.2 cm³/mol. The van der Waals surface area contributed by atoms with Crippen LogP contribution in [-0.4, -0.2) is 16.2 Å². The van der Waals surface area contributed by atoms with Crippen molar-refractivity contribution in [2.24, 2.45) is 5.10 Å². The molecule has 0 bridgehead atoms. The summed E-state index contributed by atoms with van der Waals surface area (Å²) in [6, 6.07) is 15.0. The number of hydrogen-bond donors (Lipinski definition) is 1. The van der Waals surface area contributed by atoms with Crippen LogP contribution in [0.2, 0.25) is 5.02 Å². The molecule has 4 nitrogen and oxygen atoms in total. The summed E-state index contributed by atoms with van der Waals surface area (Å²) in [6.45, 7) is 0. The van der Waals surface area contributed by atoms with Gasteiger partial charge in [-0.1, -0.05) is 23.7 Å². The molecule has 98 valence electrons. The Labute approximate surface area is 121 Å². The number of benzene rings is 2. The molecule has 2 aromatic carbocycles. The number of hydrazone groups is 1. The van der Waals surface area contributed by atoms with Crippen LogP contribution in [-0.2, 0) is 0 Å². The monoisotopic (exact) mass is 282 g/mol. The molecule has 0 saturated carbocycles.